The number of amides is 1. The highest BCUT2D eigenvalue weighted by Gasteiger charge is 2.14. The molecule has 29 heavy (non-hydrogen) atoms. The highest BCUT2D eigenvalue weighted by Crippen LogP contribution is 2.29. The Kier molecular flexibility index (Phi) is 5.72. The van der Waals surface area contributed by atoms with E-state index >= 15 is 0 Å². The maximum Gasteiger partial charge on any atom is 0.322 e. The molecule has 0 spiro atoms. The van der Waals surface area contributed by atoms with Crippen LogP contribution in [0.1, 0.15) is 21.5 Å². The van der Waals surface area contributed by atoms with Crippen molar-refractivity contribution < 1.29 is 9.21 Å². The number of hydrogen-bond acceptors (Lipinski definition) is 5. The van der Waals surface area contributed by atoms with Gasteiger partial charge in [0.2, 0.25) is 0 Å². The van der Waals surface area contributed by atoms with Crippen LogP contribution in [0.2, 0.25) is 0 Å². The molecule has 0 saturated carbocycles. The summed E-state index contributed by atoms with van der Waals surface area (Å²) < 4.78 is 5.64. The van der Waals surface area contributed by atoms with E-state index < -0.39 is 0 Å². The summed E-state index contributed by atoms with van der Waals surface area (Å²) in [6.07, 6.45) is 2.81. The molecule has 0 saturated heterocycles. The average molecular weight is 401 g/mol. The van der Waals surface area contributed by atoms with Crippen molar-refractivity contribution in [2.45, 2.75) is 11.3 Å². The van der Waals surface area contributed by atoms with E-state index in [0.29, 0.717) is 11.5 Å². The molecule has 0 aliphatic carbocycles. The number of nitrogens with zero attached hydrogens (tertiary/aromatic N) is 2. The van der Waals surface area contributed by atoms with Crippen LogP contribution in [0.4, 0.5) is 6.01 Å². The number of thioether (sulfide) groups is 1. The third-order valence-electron chi connectivity index (χ3n) is 4.45. The number of carbonyl (C=O) groups is 1. The number of rotatable bonds is 6. The summed E-state index contributed by atoms with van der Waals surface area (Å²) in [6, 6.07) is 25.6. The van der Waals surface area contributed by atoms with Gasteiger partial charge in [-0.3, -0.25) is 10.1 Å². The van der Waals surface area contributed by atoms with E-state index in [2.05, 4.69) is 27.6 Å². The predicted octanol–water partition coefficient (Wildman–Crippen LogP) is 5.30. The minimum Gasteiger partial charge on any atom is -0.403 e. The number of benzene rings is 3. The Morgan fingerprint density at radius 3 is 2.34 bits per heavy atom. The summed E-state index contributed by atoms with van der Waals surface area (Å²) in [6.45, 7) is 0. The lowest BCUT2D eigenvalue weighted by atomic mass is 10.0. The molecule has 4 aromatic rings. The lowest BCUT2D eigenvalue weighted by molar-refractivity contribution is 0.102. The van der Waals surface area contributed by atoms with Crippen molar-refractivity contribution in [2.24, 2.45) is 0 Å². The van der Waals surface area contributed by atoms with Crippen molar-refractivity contribution >= 4 is 23.7 Å². The van der Waals surface area contributed by atoms with Gasteiger partial charge in [0.05, 0.1) is 5.56 Å². The summed E-state index contributed by atoms with van der Waals surface area (Å²) in [4.78, 5) is 13.5. The minimum absolute atomic E-state index is 0.0780. The van der Waals surface area contributed by atoms with Crippen LogP contribution < -0.4 is 5.32 Å². The second-order valence-electron chi connectivity index (χ2n) is 6.43. The van der Waals surface area contributed by atoms with Crippen LogP contribution in [-0.2, 0) is 6.42 Å². The maximum atomic E-state index is 12.5. The van der Waals surface area contributed by atoms with Crippen molar-refractivity contribution in [2.75, 3.05) is 11.6 Å². The lowest BCUT2D eigenvalue weighted by Crippen LogP contribution is -2.12. The van der Waals surface area contributed by atoms with Crippen molar-refractivity contribution in [3.63, 3.8) is 0 Å². The molecule has 144 valence electrons. The number of nitrogens with one attached hydrogen (secondary N) is 1. The molecule has 0 unspecified atom stereocenters. The molecule has 4 rings (SSSR count). The third-order valence-corrected chi connectivity index (χ3v) is 5.25. The Morgan fingerprint density at radius 1 is 0.897 bits per heavy atom. The molecular weight excluding hydrogens is 382 g/mol. The van der Waals surface area contributed by atoms with Gasteiger partial charge in [0.25, 0.3) is 11.8 Å². The van der Waals surface area contributed by atoms with Crippen LogP contribution >= 0.6 is 11.8 Å². The smallest absolute Gasteiger partial charge is 0.322 e. The van der Waals surface area contributed by atoms with Crippen LogP contribution in [0, 0.1) is 0 Å². The minimum atomic E-state index is -0.287. The first-order valence-electron chi connectivity index (χ1n) is 9.14. The number of aromatic nitrogens is 2. The van der Waals surface area contributed by atoms with Crippen molar-refractivity contribution in [1.82, 2.24) is 10.2 Å². The molecule has 0 aliphatic rings. The summed E-state index contributed by atoms with van der Waals surface area (Å²) in [5, 5.41) is 10.7. The van der Waals surface area contributed by atoms with Gasteiger partial charge in [-0.1, -0.05) is 59.7 Å². The molecule has 0 atom stereocenters. The number of carbonyl (C=O) groups excluding carboxylic acids is 1. The number of anilines is 1. The van der Waals surface area contributed by atoms with Gasteiger partial charge in [-0.05, 0) is 48.1 Å². The Balaban J connectivity index is 1.44. The fourth-order valence-corrected chi connectivity index (χ4v) is 3.57. The summed E-state index contributed by atoms with van der Waals surface area (Å²) in [5.41, 5.74) is 3.75. The van der Waals surface area contributed by atoms with E-state index in [1.165, 1.54) is 5.56 Å². The largest absolute Gasteiger partial charge is 0.403 e. The van der Waals surface area contributed by atoms with E-state index in [1.54, 1.807) is 23.9 Å². The van der Waals surface area contributed by atoms with Gasteiger partial charge < -0.3 is 4.42 Å². The lowest BCUT2D eigenvalue weighted by Gasteiger charge is -2.04. The summed E-state index contributed by atoms with van der Waals surface area (Å²) in [5.74, 6) is 0.0908. The van der Waals surface area contributed by atoms with Gasteiger partial charge in [-0.15, -0.1) is 16.9 Å². The molecule has 3 aromatic carbocycles. The fraction of sp³-hybridized carbons (Fsp3) is 0.0870. The predicted molar refractivity (Wildman–Crippen MR) is 115 cm³/mol. The SMILES string of the molecule is CSc1ccccc1-c1nnc(NC(=O)c2ccc(Cc3ccccc3)cc2)o1. The second kappa shape index (κ2) is 8.75. The average Bonchev–Trinajstić information content (AvgIpc) is 3.23. The Bertz CT molecular complexity index is 1110. The third kappa shape index (κ3) is 4.55. The molecule has 1 heterocycles. The normalized spacial score (nSPS) is 10.7. The molecule has 0 aliphatic heterocycles. The van der Waals surface area contributed by atoms with Crippen molar-refractivity contribution in [3.05, 3.63) is 95.6 Å². The Morgan fingerprint density at radius 2 is 1.59 bits per heavy atom. The molecule has 1 N–H and O–H groups in total. The Labute approximate surface area is 173 Å². The zero-order chi connectivity index (χ0) is 20.1. The van der Waals surface area contributed by atoms with Crippen molar-refractivity contribution in [3.8, 4) is 11.5 Å². The molecular formula is C23H19N3O2S. The monoisotopic (exact) mass is 401 g/mol. The molecule has 0 bridgehead atoms. The van der Waals surface area contributed by atoms with Crippen molar-refractivity contribution in [1.29, 1.82) is 0 Å². The fourth-order valence-electron chi connectivity index (χ4n) is 2.98. The van der Waals surface area contributed by atoms with Crippen LogP contribution in [0.3, 0.4) is 0 Å². The first-order chi connectivity index (χ1) is 14.2. The number of hydrogen-bond donors (Lipinski definition) is 1. The first kappa shape index (κ1) is 19.0. The zero-order valence-electron chi connectivity index (χ0n) is 15.8. The van der Waals surface area contributed by atoms with E-state index in [9.17, 15) is 4.79 Å². The molecule has 0 fully saturated rings. The molecule has 0 radical (unpaired) electrons. The van der Waals surface area contributed by atoms with E-state index in [0.717, 1.165) is 22.4 Å². The van der Waals surface area contributed by atoms with Gasteiger partial charge in [0, 0.05) is 10.5 Å². The van der Waals surface area contributed by atoms with Gasteiger partial charge >= 0.3 is 6.01 Å². The quantitative estimate of drug-likeness (QED) is 0.444. The van der Waals surface area contributed by atoms with E-state index in [4.69, 9.17) is 4.42 Å². The molecule has 1 aromatic heterocycles. The van der Waals surface area contributed by atoms with E-state index in [1.807, 2.05) is 60.9 Å². The van der Waals surface area contributed by atoms with Crippen LogP contribution in [-0.4, -0.2) is 22.4 Å². The van der Waals surface area contributed by atoms with Gasteiger partial charge in [-0.25, -0.2) is 0 Å². The Hall–Kier alpha value is -3.38. The summed E-state index contributed by atoms with van der Waals surface area (Å²) in [7, 11) is 0. The first-order valence-corrected chi connectivity index (χ1v) is 10.4. The van der Waals surface area contributed by atoms with E-state index in [-0.39, 0.29) is 11.9 Å². The zero-order valence-corrected chi connectivity index (χ0v) is 16.6. The van der Waals surface area contributed by atoms with Crippen LogP contribution in [0.25, 0.3) is 11.5 Å². The molecule has 1 amide bonds. The highest BCUT2D eigenvalue weighted by molar-refractivity contribution is 7.98. The topological polar surface area (TPSA) is 68.0 Å². The maximum absolute atomic E-state index is 12.5. The molecule has 6 heteroatoms. The summed E-state index contributed by atoms with van der Waals surface area (Å²) >= 11 is 1.60. The van der Waals surface area contributed by atoms with Crippen LogP contribution in [0.5, 0.6) is 0 Å². The standard InChI is InChI=1S/C23H19N3O2S/c1-29-20-10-6-5-9-19(20)22-25-26-23(28-22)24-21(27)18-13-11-17(12-14-18)15-16-7-3-2-4-8-16/h2-14H,15H2,1H3,(H,24,26,27). The van der Waals surface area contributed by atoms with Gasteiger partial charge in [0.15, 0.2) is 0 Å². The van der Waals surface area contributed by atoms with Gasteiger partial charge in [-0.2, -0.15) is 0 Å². The van der Waals surface area contributed by atoms with Crippen LogP contribution in [0.15, 0.2) is 88.2 Å². The highest BCUT2D eigenvalue weighted by atomic mass is 32.2. The molecule has 5 nitrogen and oxygen atoms in total. The van der Waals surface area contributed by atoms with Gasteiger partial charge in [0.1, 0.15) is 0 Å². The second-order valence-corrected chi connectivity index (χ2v) is 7.27.